The normalized spacial score (nSPS) is 21.2. The summed E-state index contributed by atoms with van der Waals surface area (Å²) in [6.45, 7) is 4.86. The molecule has 1 N–H and O–H groups in total. The summed E-state index contributed by atoms with van der Waals surface area (Å²) in [7, 11) is -4.38. The van der Waals surface area contributed by atoms with Gasteiger partial charge in [0, 0.05) is 41.4 Å². The molecule has 3 atom stereocenters. The standard InChI is InChI=1S/C32H30FN5O5S/c1-4-21-10-23(11-29-25(21)17-42-18-30(33)44(29,40)41)32(39)35-14-24-12-28-22(13-34-24)8-9-27(36-28)26-6-5-7-31(37-26)38-15-19(2)43-20(3)16-38/h1,5-13,19-20,30H,14-18H2,2-3H3,(H,35,39)/t19-,20+,30-/m1/s1. The fourth-order valence-electron chi connectivity index (χ4n) is 5.47. The summed E-state index contributed by atoms with van der Waals surface area (Å²) in [6, 6.07) is 14.0. The second-order valence-electron chi connectivity index (χ2n) is 10.9. The number of pyridine rings is 3. The van der Waals surface area contributed by atoms with E-state index in [-0.39, 0.29) is 46.9 Å². The van der Waals surface area contributed by atoms with Crippen LogP contribution >= 0.6 is 0 Å². The molecule has 226 valence electrons. The number of fused-ring (bicyclic) bond motifs is 2. The minimum Gasteiger partial charge on any atom is -0.373 e. The molecule has 0 bridgehead atoms. The third-order valence-corrected chi connectivity index (χ3v) is 9.35. The zero-order valence-electron chi connectivity index (χ0n) is 24.2. The Morgan fingerprint density at radius 3 is 2.66 bits per heavy atom. The number of carbonyl (C=O) groups excluding carboxylic acids is 1. The average Bonchev–Trinajstić information content (AvgIpc) is 3.13. The van der Waals surface area contributed by atoms with E-state index in [1.165, 1.54) is 6.07 Å². The summed E-state index contributed by atoms with van der Waals surface area (Å²) in [6.07, 6.45) is 7.47. The maximum atomic E-state index is 14.3. The molecule has 2 aliphatic rings. The van der Waals surface area contributed by atoms with Gasteiger partial charge < -0.3 is 19.7 Å². The number of ether oxygens (including phenoxy) is 2. The molecule has 1 amide bonds. The first-order chi connectivity index (χ1) is 21.1. The van der Waals surface area contributed by atoms with Gasteiger partial charge in [0.05, 0.1) is 59.5 Å². The van der Waals surface area contributed by atoms with Crippen LogP contribution in [-0.4, -0.2) is 66.7 Å². The molecular weight excluding hydrogens is 585 g/mol. The maximum Gasteiger partial charge on any atom is 0.251 e. The number of carbonyl (C=O) groups is 1. The zero-order valence-corrected chi connectivity index (χ0v) is 25.0. The Kier molecular flexibility index (Phi) is 8.02. The lowest BCUT2D eigenvalue weighted by atomic mass is 10.0. The fraction of sp³-hybridized carbons (Fsp3) is 0.312. The van der Waals surface area contributed by atoms with Crippen molar-refractivity contribution in [2.24, 2.45) is 0 Å². The second-order valence-corrected chi connectivity index (χ2v) is 12.9. The third kappa shape index (κ3) is 5.86. The van der Waals surface area contributed by atoms with Crippen molar-refractivity contribution < 1.29 is 27.1 Å². The molecule has 1 saturated heterocycles. The molecule has 0 aliphatic carbocycles. The Morgan fingerprint density at radius 1 is 1.11 bits per heavy atom. The number of alkyl halides is 1. The van der Waals surface area contributed by atoms with Crippen LogP contribution in [0.5, 0.6) is 0 Å². The summed E-state index contributed by atoms with van der Waals surface area (Å²) in [5.74, 6) is 2.66. The molecule has 1 fully saturated rings. The molecule has 0 radical (unpaired) electrons. The van der Waals surface area contributed by atoms with Crippen LogP contribution < -0.4 is 10.2 Å². The largest absolute Gasteiger partial charge is 0.373 e. The van der Waals surface area contributed by atoms with Crippen LogP contribution in [0.15, 0.2) is 59.6 Å². The molecule has 3 aromatic heterocycles. The summed E-state index contributed by atoms with van der Waals surface area (Å²) >= 11 is 0. The lowest BCUT2D eigenvalue weighted by Gasteiger charge is -2.36. The van der Waals surface area contributed by atoms with E-state index in [9.17, 15) is 17.6 Å². The first-order valence-corrected chi connectivity index (χ1v) is 15.7. The van der Waals surface area contributed by atoms with Gasteiger partial charge in [-0.3, -0.25) is 9.78 Å². The number of morpholine rings is 1. The Hall–Kier alpha value is -4.44. The van der Waals surface area contributed by atoms with Crippen molar-refractivity contribution in [3.63, 3.8) is 0 Å². The topological polar surface area (TPSA) is 124 Å². The van der Waals surface area contributed by atoms with Gasteiger partial charge in [-0.05, 0) is 56.3 Å². The SMILES string of the molecule is C#Cc1cc(C(=O)NCc2cc3nc(-c4cccc(N5C[C@@H](C)O[C@@H](C)C5)n4)ccc3cn2)cc2c1COC[C@H](F)S2(=O)=O. The molecule has 5 heterocycles. The number of benzene rings is 1. The number of sulfone groups is 1. The van der Waals surface area contributed by atoms with E-state index in [4.69, 9.17) is 25.9 Å². The average molecular weight is 616 g/mol. The van der Waals surface area contributed by atoms with Gasteiger partial charge in [0.1, 0.15) is 5.82 Å². The van der Waals surface area contributed by atoms with Gasteiger partial charge >= 0.3 is 0 Å². The van der Waals surface area contributed by atoms with E-state index < -0.39 is 27.9 Å². The minimum absolute atomic E-state index is 0.00872. The minimum atomic E-state index is -4.38. The molecular formula is C32H30FN5O5S. The predicted octanol–water partition coefficient (Wildman–Crippen LogP) is 3.82. The second kappa shape index (κ2) is 11.9. The number of nitrogens with zero attached hydrogens (tertiary/aromatic N) is 4. The summed E-state index contributed by atoms with van der Waals surface area (Å²) in [5, 5.41) is 3.56. The van der Waals surface area contributed by atoms with Crippen molar-refractivity contribution in [1.29, 1.82) is 0 Å². The smallest absolute Gasteiger partial charge is 0.251 e. The number of hydrogen-bond donors (Lipinski definition) is 1. The van der Waals surface area contributed by atoms with Crippen molar-refractivity contribution in [2.45, 2.75) is 49.6 Å². The Morgan fingerprint density at radius 2 is 1.89 bits per heavy atom. The van der Waals surface area contributed by atoms with E-state index in [0.717, 1.165) is 36.1 Å². The Labute approximate surface area is 254 Å². The van der Waals surface area contributed by atoms with Crippen molar-refractivity contribution in [1.82, 2.24) is 20.3 Å². The highest BCUT2D eigenvalue weighted by Gasteiger charge is 2.34. The molecule has 10 nitrogen and oxygen atoms in total. The molecule has 12 heteroatoms. The van der Waals surface area contributed by atoms with Crippen LogP contribution in [0, 0.1) is 12.3 Å². The van der Waals surface area contributed by atoms with Crippen LogP contribution in [0.4, 0.5) is 10.2 Å². The van der Waals surface area contributed by atoms with Gasteiger partial charge in [-0.1, -0.05) is 12.0 Å². The van der Waals surface area contributed by atoms with E-state index in [1.807, 2.05) is 30.3 Å². The number of rotatable bonds is 5. The van der Waals surface area contributed by atoms with Gasteiger partial charge in [0.25, 0.3) is 5.91 Å². The van der Waals surface area contributed by atoms with Crippen LogP contribution in [-0.2, 0) is 32.5 Å². The molecule has 0 spiro atoms. The van der Waals surface area contributed by atoms with Gasteiger partial charge in [-0.15, -0.1) is 6.42 Å². The molecule has 0 saturated carbocycles. The molecule has 0 unspecified atom stereocenters. The van der Waals surface area contributed by atoms with Crippen molar-refractivity contribution in [3.8, 4) is 23.7 Å². The third-order valence-electron chi connectivity index (χ3n) is 7.57. The number of hydrogen-bond acceptors (Lipinski definition) is 9. The number of anilines is 1. The van der Waals surface area contributed by atoms with E-state index >= 15 is 0 Å². The maximum absolute atomic E-state index is 14.3. The van der Waals surface area contributed by atoms with Crippen molar-refractivity contribution in [3.05, 3.63) is 77.1 Å². The highest BCUT2D eigenvalue weighted by molar-refractivity contribution is 7.92. The first-order valence-electron chi connectivity index (χ1n) is 14.1. The number of amides is 1. The van der Waals surface area contributed by atoms with Gasteiger partial charge in [0.2, 0.25) is 15.3 Å². The van der Waals surface area contributed by atoms with Gasteiger partial charge in [0.15, 0.2) is 0 Å². The first kappa shape index (κ1) is 29.6. The quantitative estimate of drug-likeness (QED) is 0.334. The Balaban J connectivity index is 1.22. The Bertz CT molecular complexity index is 1900. The number of terminal acetylenes is 1. The van der Waals surface area contributed by atoms with Crippen molar-refractivity contribution >= 4 is 32.5 Å². The summed E-state index contributed by atoms with van der Waals surface area (Å²) in [5.41, 5.74) is 0.677. The van der Waals surface area contributed by atoms with Crippen LogP contribution in [0.1, 0.15) is 41.0 Å². The highest BCUT2D eigenvalue weighted by atomic mass is 32.2. The lowest BCUT2D eigenvalue weighted by Crippen LogP contribution is -2.45. The van der Waals surface area contributed by atoms with Crippen LogP contribution in [0.2, 0.25) is 0 Å². The number of aromatic nitrogens is 3. The van der Waals surface area contributed by atoms with Crippen molar-refractivity contribution in [2.75, 3.05) is 24.6 Å². The van der Waals surface area contributed by atoms with E-state index in [2.05, 4.69) is 35.0 Å². The summed E-state index contributed by atoms with van der Waals surface area (Å²) in [4.78, 5) is 29.1. The molecule has 44 heavy (non-hydrogen) atoms. The van der Waals surface area contributed by atoms with E-state index in [1.54, 1.807) is 12.3 Å². The highest BCUT2D eigenvalue weighted by Crippen LogP contribution is 2.30. The summed E-state index contributed by atoms with van der Waals surface area (Å²) < 4.78 is 50.8. The fourth-order valence-corrected chi connectivity index (χ4v) is 6.82. The zero-order chi connectivity index (χ0) is 31.0. The molecule has 2 aliphatic heterocycles. The van der Waals surface area contributed by atoms with Gasteiger partial charge in [-0.2, -0.15) is 0 Å². The monoisotopic (exact) mass is 615 g/mol. The van der Waals surface area contributed by atoms with Gasteiger partial charge in [-0.25, -0.2) is 22.8 Å². The van der Waals surface area contributed by atoms with Crippen LogP contribution in [0.25, 0.3) is 22.3 Å². The lowest BCUT2D eigenvalue weighted by molar-refractivity contribution is -0.00545. The molecule has 6 rings (SSSR count). The van der Waals surface area contributed by atoms with Crippen LogP contribution in [0.3, 0.4) is 0 Å². The molecule has 1 aromatic carbocycles. The van der Waals surface area contributed by atoms with E-state index in [0.29, 0.717) is 16.9 Å². The number of halogens is 1. The molecule has 4 aromatic rings. The predicted molar refractivity (Wildman–Crippen MR) is 162 cm³/mol. The number of nitrogens with one attached hydrogen (secondary N) is 1.